The fraction of sp³-hybridized carbons (Fsp3) is 0.531. The number of para-hydroxylation sites is 1. The number of aryl methyl sites for hydroxylation is 3. The summed E-state index contributed by atoms with van der Waals surface area (Å²) in [5, 5.41) is 6.29. The van der Waals surface area contributed by atoms with Crippen molar-refractivity contribution in [3.8, 4) is 0 Å². The van der Waals surface area contributed by atoms with E-state index < -0.39 is 23.8 Å². The van der Waals surface area contributed by atoms with Gasteiger partial charge in [-0.25, -0.2) is 4.79 Å². The van der Waals surface area contributed by atoms with E-state index >= 15 is 0 Å². The second-order valence-electron chi connectivity index (χ2n) is 12.2. The number of carbonyl (C=O) groups excluding carboxylic acids is 3. The van der Waals surface area contributed by atoms with Gasteiger partial charge in [0, 0.05) is 6.04 Å². The van der Waals surface area contributed by atoms with Crippen molar-refractivity contribution in [2.45, 2.75) is 98.9 Å². The molecule has 8 heteroatoms. The number of rotatable bonds is 9. The normalized spacial score (nSPS) is 18.8. The van der Waals surface area contributed by atoms with Gasteiger partial charge in [0.2, 0.25) is 5.91 Å². The average molecular weight is 570 g/mol. The van der Waals surface area contributed by atoms with Crippen LogP contribution in [0.4, 0.5) is 10.5 Å². The molecule has 0 bridgehead atoms. The van der Waals surface area contributed by atoms with Crippen molar-refractivity contribution in [1.29, 1.82) is 0 Å². The Morgan fingerprint density at radius 2 is 1.75 bits per heavy atom. The SMILES string of the molecule is CCC(C)C(NC(=O)OC(C)(C)C)C(=O)N(C(C(=O)Nc1c(C)cccc1Cl)c1ccc(C)cc1C)C1CC1C. The van der Waals surface area contributed by atoms with Crippen molar-refractivity contribution < 1.29 is 19.1 Å². The minimum absolute atomic E-state index is 0.150. The number of hydrogen-bond donors (Lipinski definition) is 2. The third-order valence-electron chi connectivity index (χ3n) is 7.55. The number of hydrogen-bond acceptors (Lipinski definition) is 4. The first-order valence-electron chi connectivity index (χ1n) is 14.1. The van der Waals surface area contributed by atoms with E-state index in [1.807, 2.05) is 65.0 Å². The Balaban J connectivity index is 2.11. The van der Waals surface area contributed by atoms with Gasteiger partial charge < -0.3 is 20.3 Å². The fourth-order valence-electron chi connectivity index (χ4n) is 4.98. The van der Waals surface area contributed by atoms with Crippen LogP contribution in [0, 0.1) is 32.6 Å². The maximum atomic E-state index is 14.5. The summed E-state index contributed by atoms with van der Waals surface area (Å²) in [6.07, 6.45) is 0.763. The monoisotopic (exact) mass is 569 g/mol. The molecule has 40 heavy (non-hydrogen) atoms. The molecule has 1 fully saturated rings. The van der Waals surface area contributed by atoms with Crippen LogP contribution < -0.4 is 10.6 Å². The number of halogens is 1. The van der Waals surface area contributed by atoms with E-state index in [-0.39, 0.29) is 29.7 Å². The Labute approximate surface area is 244 Å². The van der Waals surface area contributed by atoms with Crippen LogP contribution in [0.2, 0.25) is 5.02 Å². The lowest BCUT2D eigenvalue weighted by atomic mass is 9.93. The summed E-state index contributed by atoms with van der Waals surface area (Å²) in [5.74, 6) is -0.627. The van der Waals surface area contributed by atoms with E-state index in [1.165, 1.54) is 0 Å². The van der Waals surface area contributed by atoms with Crippen molar-refractivity contribution in [1.82, 2.24) is 10.2 Å². The van der Waals surface area contributed by atoms with Crippen LogP contribution >= 0.6 is 11.6 Å². The Morgan fingerprint density at radius 3 is 2.27 bits per heavy atom. The zero-order valence-electron chi connectivity index (χ0n) is 25.2. The second-order valence-corrected chi connectivity index (χ2v) is 12.6. The molecule has 2 aromatic carbocycles. The van der Waals surface area contributed by atoms with E-state index in [1.54, 1.807) is 31.7 Å². The highest BCUT2D eigenvalue weighted by Crippen LogP contribution is 2.42. The van der Waals surface area contributed by atoms with Crippen molar-refractivity contribution in [3.05, 3.63) is 63.7 Å². The maximum Gasteiger partial charge on any atom is 0.408 e. The number of anilines is 1. The molecular weight excluding hydrogens is 526 g/mol. The van der Waals surface area contributed by atoms with Crippen molar-refractivity contribution in [2.24, 2.45) is 11.8 Å². The van der Waals surface area contributed by atoms with Crippen LogP contribution in [0.25, 0.3) is 0 Å². The molecule has 0 radical (unpaired) electrons. The van der Waals surface area contributed by atoms with Crippen LogP contribution in [-0.4, -0.2) is 40.5 Å². The molecule has 0 heterocycles. The molecule has 0 aromatic heterocycles. The van der Waals surface area contributed by atoms with Gasteiger partial charge >= 0.3 is 6.09 Å². The third-order valence-corrected chi connectivity index (χ3v) is 7.86. The van der Waals surface area contributed by atoms with E-state index in [4.69, 9.17) is 16.3 Å². The summed E-state index contributed by atoms with van der Waals surface area (Å²) >= 11 is 6.48. The van der Waals surface area contributed by atoms with Gasteiger partial charge in [-0.05, 0) is 82.6 Å². The quantitative estimate of drug-likeness (QED) is 0.336. The summed E-state index contributed by atoms with van der Waals surface area (Å²) in [6, 6.07) is 9.38. The smallest absolute Gasteiger partial charge is 0.408 e. The van der Waals surface area contributed by atoms with Gasteiger partial charge in [-0.2, -0.15) is 0 Å². The third kappa shape index (κ3) is 7.57. The number of benzene rings is 2. The predicted molar refractivity (Wildman–Crippen MR) is 161 cm³/mol. The highest BCUT2D eigenvalue weighted by Gasteiger charge is 2.49. The number of alkyl carbamates (subject to hydrolysis) is 1. The van der Waals surface area contributed by atoms with Crippen LogP contribution in [0.15, 0.2) is 36.4 Å². The topological polar surface area (TPSA) is 87.7 Å². The van der Waals surface area contributed by atoms with Crippen molar-refractivity contribution >= 4 is 35.2 Å². The minimum atomic E-state index is -0.925. The number of carbonyl (C=O) groups is 3. The molecule has 5 atom stereocenters. The molecule has 2 N–H and O–H groups in total. The summed E-state index contributed by atoms with van der Waals surface area (Å²) < 4.78 is 5.51. The van der Waals surface area contributed by atoms with E-state index in [0.717, 1.165) is 28.7 Å². The lowest BCUT2D eigenvalue weighted by molar-refractivity contribution is -0.142. The van der Waals surface area contributed by atoms with E-state index in [9.17, 15) is 14.4 Å². The lowest BCUT2D eigenvalue weighted by Crippen LogP contribution is -2.55. The molecular formula is C32H44ClN3O4. The van der Waals surface area contributed by atoms with E-state index in [2.05, 4.69) is 17.6 Å². The molecule has 0 spiro atoms. The fourth-order valence-corrected chi connectivity index (χ4v) is 5.25. The predicted octanol–water partition coefficient (Wildman–Crippen LogP) is 7.12. The molecule has 1 saturated carbocycles. The number of ether oxygens (including phenoxy) is 1. The molecule has 3 rings (SSSR count). The van der Waals surface area contributed by atoms with Gasteiger partial charge in [0.05, 0.1) is 10.7 Å². The summed E-state index contributed by atoms with van der Waals surface area (Å²) in [7, 11) is 0. The molecule has 5 unspecified atom stereocenters. The number of nitrogens with zero attached hydrogens (tertiary/aromatic N) is 1. The van der Waals surface area contributed by atoms with Gasteiger partial charge in [-0.1, -0.05) is 74.7 Å². The first-order valence-corrected chi connectivity index (χ1v) is 14.5. The maximum absolute atomic E-state index is 14.5. The Bertz CT molecular complexity index is 1230. The van der Waals surface area contributed by atoms with Gasteiger partial charge in [-0.3, -0.25) is 9.59 Å². The summed E-state index contributed by atoms with van der Waals surface area (Å²) in [4.78, 5) is 43.3. The minimum Gasteiger partial charge on any atom is -0.444 e. The largest absolute Gasteiger partial charge is 0.444 e. The zero-order chi connectivity index (χ0) is 29.9. The standard InChI is InChI=1S/C32H44ClN3O4/c1-10-19(3)27(35-31(39)40-32(7,8)9)30(38)36(25-17-22(25)6)28(23-15-14-18(2)16-21(23)5)29(37)34-26-20(4)12-11-13-24(26)33/h11-16,19,22,25,27-28H,10,17H2,1-9H3,(H,34,37)(H,35,39). The van der Waals surface area contributed by atoms with Crippen molar-refractivity contribution in [3.63, 3.8) is 0 Å². The Kier molecular flexibility index (Phi) is 9.94. The lowest BCUT2D eigenvalue weighted by Gasteiger charge is -2.37. The first-order chi connectivity index (χ1) is 18.6. The second kappa shape index (κ2) is 12.6. The van der Waals surface area contributed by atoms with Gasteiger partial charge in [-0.15, -0.1) is 0 Å². The van der Waals surface area contributed by atoms with E-state index in [0.29, 0.717) is 17.1 Å². The molecule has 0 saturated heterocycles. The summed E-state index contributed by atoms with van der Waals surface area (Å²) in [6.45, 7) is 17.1. The number of nitrogens with one attached hydrogen (secondary N) is 2. The zero-order valence-corrected chi connectivity index (χ0v) is 26.0. The van der Waals surface area contributed by atoms with Gasteiger partial charge in [0.1, 0.15) is 17.7 Å². The molecule has 7 nitrogen and oxygen atoms in total. The molecule has 0 aliphatic heterocycles. The van der Waals surface area contributed by atoms with Crippen LogP contribution in [0.5, 0.6) is 0 Å². The Morgan fingerprint density at radius 1 is 1.10 bits per heavy atom. The summed E-state index contributed by atoms with van der Waals surface area (Å²) in [5.41, 5.74) is 3.32. The Hall–Kier alpha value is -3.06. The molecule has 2 aromatic rings. The number of amides is 3. The highest BCUT2D eigenvalue weighted by molar-refractivity contribution is 6.34. The molecule has 1 aliphatic rings. The first kappa shape index (κ1) is 31.5. The van der Waals surface area contributed by atoms with Gasteiger partial charge in [0.15, 0.2) is 0 Å². The molecule has 218 valence electrons. The molecule has 3 amide bonds. The highest BCUT2D eigenvalue weighted by atomic mass is 35.5. The van der Waals surface area contributed by atoms with Crippen LogP contribution in [0.3, 0.4) is 0 Å². The van der Waals surface area contributed by atoms with Crippen molar-refractivity contribution in [2.75, 3.05) is 5.32 Å². The van der Waals surface area contributed by atoms with Crippen LogP contribution in [0.1, 0.15) is 82.7 Å². The molecule has 1 aliphatic carbocycles. The average Bonchev–Trinajstić information content (AvgIpc) is 3.57. The van der Waals surface area contributed by atoms with Gasteiger partial charge in [0.25, 0.3) is 5.91 Å². The van der Waals surface area contributed by atoms with Crippen LogP contribution in [-0.2, 0) is 14.3 Å².